The van der Waals surface area contributed by atoms with Crippen LogP contribution in [0.15, 0.2) is 49.1 Å². The molecular formula is C22H24N4O. The lowest BCUT2D eigenvalue weighted by Crippen LogP contribution is -2.26. The Balaban J connectivity index is 1.57. The zero-order valence-corrected chi connectivity index (χ0v) is 15.9. The Bertz CT molecular complexity index is 957. The van der Waals surface area contributed by atoms with E-state index < -0.39 is 0 Å². The predicted octanol–water partition coefficient (Wildman–Crippen LogP) is 3.58. The molecule has 0 spiro atoms. The van der Waals surface area contributed by atoms with Crippen LogP contribution in [0, 0.1) is 0 Å². The van der Waals surface area contributed by atoms with Gasteiger partial charge in [0.15, 0.2) is 0 Å². The molecule has 0 saturated carbocycles. The monoisotopic (exact) mass is 360 g/mol. The minimum Gasteiger partial charge on any atom is -0.347 e. The van der Waals surface area contributed by atoms with Gasteiger partial charge in [-0.25, -0.2) is 0 Å². The first-order chi connectivity index (χ1) is 13.1. The van der Waals surface area contributed by atoms with Crippen molar-refractivity contribution >= 4 is 5.91 Å². The van der Waals surface area contributed by atoms with Crippen molar-refractivity contribution in [2.45, 2.75) is 32.2 Å². The van der Waals surface area contributed by atoms with E-state index >= 15 is 0 Å². The average molecular weight is 360 g/mol. The molecular weight excluding hydrogens is 336 g/mol. The summed E-state index contributed by atoms with van der Waals surface area (Å²) in [6, 6.07) is 8.55. The molecule has 0 atom stereocenters. The number of amides is 1. The van der Waals surface area contributed by atoms with Gasteiger partial charge < -0.3 is 4.90 Å². The molecule has 138 valence electrons. The molecule has 0 bridgehead atoms. The first-order valence-electron chi connectivity index (χ1n) is 9.41. The molecule has 0 unspecified atom stereocenters. The summed E-state index contributed by atoms with van der Waals surface area (Å²) in [7, 11) is 3.51. The van der Waals surface area contributed by atoms with Gasteiger partial charge in [0.2, 0.25) is 5.91 Å². The van der Waals surface area contributed by atoms with Crippen LogP contribution < -0.4 is 0 Å². The van der Waals surface area contributed by atoms with E-state index in [0.29, 0.717) is 0 Å². The first-order valence-corrected chi connectivity index (χ1v) is 9.41. The molecule has 0 N–H and O–H groups in total. The smallest absolute Gasteiger partial charge is 0.243 e. The second kappa shape index (κ2) is 7.35. The van der Waals surface area contributed by atoms with E-state index in [0.717, 1.165) is 24.0 Å². The SMILES string of the molecule is CN(C)C(=O)Cn1cc(-c2ccc(-c3cncc4c3CCCC4)cc2)cn1. The molecule has 0 saturated heterocycles. The maximum absolute atomic E-state index is 11.8. The number of hydrogen-bond donors (Lipinski definition) is 0. The van der Waals surface area contributed by atoms with Crippen molar-refractivity contribution in [2.24, 2.45) is 0 Å². The summed E-state index contributed by atoms with van der Waals surface area (Å²) in [5.74, 6) is 0.0290. The van der Waals surface area contributed by atoms with Crippen molar-refractivity contribution in [3.05, 3.63) is 60.2 Å². The average Bonchev–Trinajstić information content (AvgIpc) is 3.16. The highest BCUT2D eigenvalue weighted by molar-refractivity contribution is 5.76. The van der Waals surface area contributed by atoms with Crippen molar-refractivity contribution in [2.75, 3.05) is 14.1 Å². The Morgan fingerprint density at radius 1 is 1.00 bits per heavy atom. The summed E-state index contributed by atoms with van der Waals surface area (Å²) >= 11 is 0. The van der Waals surface area contributed by atoms with Crippen molar-refractivity contribution in [3.63, 3.8) is 0 Å². The van der Waals surface area contributed by atoms with Gasteiger partial charge in [0, 0.05) is 43.8 Å². The van der Waals surface area contributed by atoms with Crippen molar-refractivity contribution in [1.82, 2.24) is 19.7 Å². The number of carbonyl (C=O) groups excluding carboxylic acids is 1. The number of rotatable bonds is 4. The Hall–Kier alpha value is -2.95. The normalized spacial score (nSPS) is 13.3. The topological polar surface area (TPSA) is 51.0 Å². The van der Waals surface area contributed by atoms with Crippen molar-refractivity contribution in [3.8, 4) is 22.3 Å². The van der Waals surface area contributed by atoms with Gasteiger partial charge >= 0.3 is 0 Å². The molecule has 0 aliphatic heterocycles. The van der Waals surface area contributed by atoms with E-state index in [1.165, 1.54) is 35.1 Å². The van der Waals surface area contributed by atoms with Gasteiger partial charge in [-0.15, -0.1) is 0 Å². The fourth-order valence-electron chi connectivity index (χ4n) is 3.63. The zero-order valence-electron chi connectivity index (χ0n) is 15.9. The van der Waals surface area contributed by atoms with Gasteiger partial charge in [0.1, 0.15) is 6.54 Å². The van der Waals surface area contributed by atoms with Crippen LogP contribution in [0.1, 0.15) is 24.0 Å². The summed E-state index contributed by atoms with van der Waals surface area (Å²) in [5, 5.41) is 4.31. The number of benzene rings is 1. The largest absolute Gasteiger partial charge is 0.347 e. The lowest BCUT2D eigenvalue weighted by Gasteiger charge is -2.18. The molecule has 3 aromatic rings. The highest BCUT2D eigenvalue weighted by Gasteiger charge is 2.15. The van der Waals surface area contributed by atoms with E-state index in [4.69, 9.17) is 0 Å². The molecule has 1 aliphatic rings. The van der Waals surface area contributed by atoms with Crippen LogP contribution in [0.3, 0.4) is 0 Å². The Kier molecular flexibility index (Phi) is 4.75. The van der Waals surface area contributed by atoms with Gasteiger partial charge in [-0.2, -0.15) is 5.10 Å². The number of fused-ring (bicyclic) bond motifs is 1. The molecule has 5 heteroatoms. The minimum atomic E-state index is 0.0290. The highest BCUT2D eigenvalue weighted by Crippen LogP contribution is 2.31. The van der Waals surface area contributed by atoms with Crippen molar-refractivity contribution in [1.29, 1.82) is 0 Å². The quantitative estimate of drug-likeness (QED) is 0.715. The number of likely N-dealkylation sites (N-methyl/N-ethyl adjacent to an activating group) is 1. The van der Waals surface area contributed by atoms with E-state index in [2.05, 4.69) is 34.3 Å². The molecule has 1 aliphatic carbocycles. The summed E-state index contributed by atoms with van der Waals surface area (Å²) < 4.78 is 1.68. The zero-order chi connectivity index (χ0) is 18.8. The van der Waals surface area contributed by atoms with E-state index in [-0.39, 0.29) is 12.5 Å². The number of nitrogens with zero attached hydrogens (tertiary/aromatic N) is 4. The number of pyridine rings is 1. The third kappa shape index (κ3) is 3.63. The van der Waals surface area contributed by atoms with Crippen LogP contribution in [-0.2, 0) is 24.2 Å². The third-order valence-corrected chi connectivity index (χ3v) is 5.23. The minimum absolute atomic E-state index is 0.0290. The van der Waals surface area contributed by atoms with Gasteiger partial charge in [-0.3, -0.25) is 14.5 Å². The summed E-state index contributed by atoms with van der Waals surface area (Å²) in [5.41, 5.74) is 7.43. The Labute approximate surface area is 159 Å². The standard InChI is InChI=1S/C22H24N4O/c1-25(2)22(27)15-26-14-19(12-24-26)16-7-9-17(10-8-16)21-13-23-11-18-5-3-4-6-20(18)21/h7-14H,3-6,15H2,1-2H3. The maximum Gasteiger partial charge on any atom is 0.243 e. The van der Waals surface area contributed by atoms with Crippen LogP contribution in [-0.4, -0.2) is 39.7 Å². The van der Waals surface area contributed by atoms with E-state index in [1.807, 2.05) is 24.8 Å². The fourth-order valence-corrected chi connectivity index (χ4v) is 3.63. The first kappa shape index (κ1) is 17.5. The molecule has 0 radical (unpaired) electrons. The Morgan fingerprint density at radius 2 is 1.74 bits per heavy atom. The lowest BCUT2D eigenvalue weighted by atomic mass is 9.87. The molecule has 2 aromatic heterocycles. The van der Waals surface area contributed by atoms with Crippen LogP contribution >= 0.6 is 0 Å². The highest BCUT2D eigenvalue weighted by atomic mass is 16.2. The molecule has 0 fully saturated rings. The maximum atomic E-state index is 11.8. The van der Waals surface area contributed by atoms with Crippen LogP contribution in [0.4, 0.5) is 0 Å². The van der Waals surface area contributed by atoms with E-state index in [9.17, 15) is 4.79 Å². The Morgan fingerprint density at radius 3 is 2.52 bits per heavy atom. The molecule has 5 nitrogen and oxygen atoms in total. The number of carbonyl (C=O) groups is 1. The van der Waals surface area contributed by atoms with Gasteiger partial charge in [-0.1, -0.05) is 24.3 Å². The van der Waals surface area contributed by atoms with Crippen molar-refractivity contribution < 1.29 is 4.79 Å². The second-order valence-electron chi connectivity index (χ2n) is 7.32. The fraction of sp³-hybridized carbons (Fsp3) is 0.318. The number of aromatic nitrogens is 3. The molecule has 1 amide bonds. The van der Waals surface area contributed by atoms with Gasteiger partial charge in [0.05, 0.1) is 6.20 Å². The van der Waals surface area contributed by atoms with Crippen LogP contribution in [0.5, 0.6) is 0 Å². The number of hydrogen-bond acceptors (Lipinski definition) is 3. The lowest BCUT2D eigenvalue weighted by molar-refractivity contribution is -0.129. The third-order valence-electron chi connectivity index (χ3n) is 5.23. The van der Waals surface area contributed by atoms with Gasteiger partial charge in [0.25, 0.3) is 0 Å². The predicted molar refractivity (Wildman–Crippen MR) is 106 cm³/mol. The van der Waals surface area contributed by atoms with Crippen LogP contribution in [0.25, 0.3) is 22.3 Å². The number of aryl methyl sites for hydroxylation is 1. The molecule has 4 rings (SSSR count). The molecule has 2 heterocycles. The molecule has 27 heavy (non-hydrogen) atoms. The van der Waals surface area contributed by atoms with E-state index in [1.54, 1.807) is 23.7 Å². The summed E-state index contributed by atoms with van der Waals surface area (Å²) in [6.45, 7) is 0.257. The molecule has 1 aromatic carbocycles. The second-order valence-corrected chi connectivity index (χ2v) is 7.32. The summed E-state index contributed by atoms with van der Waals surface area (Å²) in [4.78, 5) is 17.9. The van der Waals surface area contributed by atoms with Gasteiger partial charge in [-0.05, 0) is 47.9 Å². The summed E-state index contributed by atoms with van der Waals surface area (Å²) in [6.07, 6.45) is 12.5. The van der Waals surface area contributed by atoms with Crippen LogP contribution in [0.2, 0.25) is 0 Å².